The van der Waals surface area contributed by atoms with Crippen molar-refractivity contribution in [2.75, 3.05) is 11.9 Å². The lowest BCUT2D eigenvalue weighted by Gasteiger charge is -2.13. The van der Waals surface area contributed by atoms with Crippen LogP contribution in [0.3, 0.4) is 0 Å². The third-order valence-corrected chi connectivity index (χ3v) is 5.47. The minimum atomic E-state index is -0.194. The van der Waals surface area contributed by atoms with E-state index in [0.29, 0.717) is 40.7 Å². The van der Waals surface area contributed by atoms with Crippen molar-refractivity contribution in [3.8, 4) is 0 Å². The lowest BCUT2D eigenvalue weighted by molar-refractivity contribution is 0.0910. The average Bonchev–Trinajstić information content (AvgIpc) is 3.53. The predicted molar refractivity (Wildman–Crippen MR) is 99.0 cm³/mol. The summed E-state index contributed by atoms with van der Waals surface area (Å²) in [4.78, 5) is 27.0. The zero-order valence-corrected chi connectivity index (χ0v) is 15.5. The van der Waals surface area contributed by atoms with Crippen LogP contribution >= 0.6 is 0 Å². The van der Waals surface area contributed by atoms with Gasteiger partial charge in [-0.05, 0) is 45.6 Å². The Kier molecular flexibility index (Phi) is 3.65. The number of carbonyl (C=O) groups excluding carboxylic acids is 1. The predicted octanol–water partition coefficient (Wildman–Crippen LogP) is 2.42. The highest BCUT2D eigenvalue weighted by molar-refractivity contribution is 6.10. The number of allylic oxidation sites excluding steroid dienone is 1. The molecule has 0 radical (unpaired) electrons. The molecule has 0 aromatic carbocycles. The van der Waals surface area contributed by atoms with E-state index in [1.54, 1.807) is 6.92 Å². The third kappa shape index (κ3) is 3.14. The highest BCUT2D eigenvalue weighted by Gasteiger charge is 2.38. The largest absolute Gasteiger partial charge is 0.442 e. The van der Waals surface area contributed by atoms with Gasteiger partial charge in [0.15, 0.2) is 0 Å². The number of aryl methyl sites for hydroxylation is 1. The molecule has 0 spiro atoms. The molecule has 3 N–H and O–H groups in total. The first-order chi connectivity index (χ1) is 13.0. The maximum Gasteiger partial charge on any atom is 0.255 e. The summed E-state index contributed by atoms with van der Waals surface area (Å²) in [5.74, 6) is 2.54. The Balaban J connectivity index is 1.37. The number of amides is 1. The minimum absolute atomic E-state index is 0.0257. The zero-order chi connectivity index (χ0) is 18.6. The third-order valence-electron chi connectivity index (χ3n) is 5.47. The summed E-state index contributed by atoms with van der Waals surface area (Å²) in [5, 5.41) is 7.05. The summed E-state index contributed by atoms with van der Waals surface area (Å²) in [6.07, 6.45) is 8.05. The molecule has 0 bridgehead atoms. The van der Waals surface area contributed by atoms with Gasteiger partial charge in [0.1, 0.15) is 23.7 Å². The molecule has 8 nitrogen and oxygen atoms in total. The van der Waals surface area contributed by atoms with Gasteiger partial charge in [-0.25, -0.2) is 9.97 Å². The number of nitrogens with one attached hydrogen (secondary N) is 3. The molecule has 5 rings (SSSR count). The second-order valence-corrected chi connectivity index (χ2v) is 8.00. The van der Waals surface area contributed by atoms with Crippen LogP contribution in [0.2, 0.25) is 0 Å². The number of furan rings is 1. The van der Waals surface area contributed by atoms with Crippen molar-refractivity contribution in [1.82, 2.24) is 20.8 Å². The Labute approximate surface area is 156 Å². The lowest BCUT2D eigenvalue weighted by Crippen LogP contribution is -2.37. The number of nitrogens with zero attached hydrogens (tertiary/aromatic N) is 2. The van der Waals surface area contributed by atoms with Crippen LogP contribution in [-0.4, -0.2) is 34.0 Å². The van der Waals surface area contributed by atoms with Crippen molar-refractivity contribution >= 4 is 22.8 Å². The van der Waals surface area contributed by atoms with Gasteiger partial charge in [0, 0.05) is 18.0 Å². The zero-order valence-electron chi connectivity index (χ0n) is 15.5. The van der Waals surface area contributed by atoms with Crippen LogP contribution in [0, 0.1) is 12.8 Å². The highest BCUT2D eigenvalue weighted by Crippen LogP contribution is 2.40. The molecular formula is C19H23N5O3. The highest BCUT2D eigenvalue weighted by atomic mass is 16.7. The molecule has 2 saturated carbocycles. The van der Waals surface area contributed by atoms with Crippen molar-refractivity contribution in [3.63, 3.8) is 0 Å². The van der Waals surface area contributed by atoms with Gasteiger partial charge in [0.25, 0.3) is 5.91 Å². The van der Waals surface area contributed by atoms with Crippen LogP contribution in [0.5, 0.6) is 0 Å². The van der Waals surface area contributed by atoms with E-state index < -0.39 is 0 Å². The van der Waals surface area contributed by atoms with Gasteiger partial charge >= 0.3 is 0 Å². The number of carbonyl (C=O) groups is 1. The summed E-state index contributed by atoms with van der Waals surface area (Å²) in [5.41, 5.74) is 3.92. The van der Waals surface area contributed by atoms with Crippen LogP contribution < -0.4 is 16.1 Å². The normalized spacial score (nSPS) is 23.0. The molecular weight excluding hydrogens is 346 g/mol. The van der Waals surface area contributed by atoms with Gasteiger partial charge in [-0.2, -0.15) is 0 Å². The molecule has 142 valence electrons. The summed E-state index contributed by atoms with van der Waals surface area (Å²) in [7, 11) is 0. The first-order valence-electron chi connectivity index (χ1n) is 9.47. The SMILES string of the molecule is Cc1oc2ncnc(NC3(C)CC3)c2c1C(=O)NCC1C=C(C2CC2)ON1. The van der Waals surface area contributed by atoms with Crippen LogP contribution in [0.1, 0.15) is 48.7 Å². The molecule has 2 fully saturated rings. The van der Waals surface area contributed by atoms with Gasteiger partial charge < -0.3 is 19.9 Å². The van der Waals surface area contributed by atoms with Gasteiger partial charge in [-0.15, -0.1) is 5.48 Å². The fourth-order valence-electron chi connectivity index (χ4n) is 3.40. The maximum absolute atomic E-state index is 12.9. The summed E-state index contributed by atoms with van der Waals surface area (Å²) >= 11 is 0. The summed E-state index contributed by atoms with van der Waals surface area (Å²) < 4.78 is 5.72. The van der Waals surface area contributed by atoms with Crippen molar-refractivity contribution in [2.24, 2.45) is 5.92 Å². The Bertz CT molecular complexity index is 942. The van der Waals surface area contributed by atoms with Crippen LogP contribution in [0.15, 0.2) is 22.6 Å². The number of hydrogen-bond donors (Lipinski definition) is 3. The van der Waals surface area contributed by atoms with Gasteiger partial charge in [0.05, 0.1) is 17.0 Å². The maximum atomic E-state index is 12.9. The van der Waals surface area contributed by atoms with Gasteiger partial charge in [-0.3, -0.25) is 4.79 Å². The monoisotopic (exact) mass is 369 g/mol. The Morgan fingerprint density at radius 1 is 1.37 bits per heavy atom. The van der Waals surface area contributed by atoms with Crippen molar-refractivity contribution in [2.45, 2.75) is 51.1 Å². The van der Waals surface area contributed by atoms with Crippen molar-refractivity contribution in [3.05, 3.63) is 29.5 Å². The molecule has 2 aromatic rings. The second kappa shape index (κ2) is 5.95. The topological polar surface area (TPSA) is 101 Å². The van der Waals surface area contributed by atoms with Crippen LogP contribution in [0.4, 0.5) is 5.82 Å². The van der Waals surface area contributed by atoms with E-state index in [1.165, 1.54) is 19.2 Å². The number of aromatic nitrogens is 2. The molecule has 1 unspecified atom stereocenters. The first-order valence-corrected chi connectivity index (χ1v) is 9.47. The second-order valence-electron chi connectivity index (χ2n) is 8.00. The van der Waals surface area contributed by atoms with Crippen LogP contribution in [-0.2, 0) is 4.84 Å². The summed E-state index contributed by atoms with van der Waals surface area (Å²) in [6, 6.07) is -0.0257. The smallest absolute Gasteiger partial charge is 0.255 e. The molecule has 8 heteroatoms. The molecule has 1 aliphatic heterocycles. The molecule has 0 saturated heterocycles. The number of fused-ring (bicyclic) bond motifs is 1. The van der Waals surface area contributed by atoms with Crippen LogP contribution in [0.25, 0.3) is 11.1 Å². The number of hydrogen-bond acceptors (Lipinski definition) is 7. The Morgan fingerprint density at radius 2 is 2.19 bits per heavy atom. The summed E-state index contributed by atoms with van der Waals surface area (Å²) in [6.45, 7) is 4.36. The Morgan fingerprint density at radius 3 is 2.93 bits per heavy atom. The quantitative estimate of drug-likeness (QED) is 0.719. The van der Waals surface area contributed by atoms with E-state index in [9.17, 15) is 4.79 Å². The molecule has 2 aromatic heterocycles. The van der Waals surface area contributed by atoms with Gasteiger partial charge in [-0.1, -0.05) is 0 Å². The van der Waals surface area contributed by atoms with Crippen molar-refractivity contribution in [1.29, 1.82) is 0 Å². The van der Waals surface area contributed by atoms with Crippen molar-refractivity contribution < 1.29 is 14.0 Å². The molecule has 1 atom stereocenters. The van der Waals surface area contributed by atoms with E-state index in [4.69, 9.17) is 9.25 Å². The molecule has 27 heavy (non-hydrogen) atoms. The standard InChI is InChI=1S/C19H23N5O3/c1-10-14(17(25)20-8-12-7-13(27-24-12)11-3-4-11)15-16(23-19(2)5-6-19)21-9-22-18(15)26-10/h7,9,11-12,24H,3-6,8H2,1-2H3,(H,20,25)(H,21,22,23). The molecule has 2 aliphatic carbocycles. The van der Waals surface area contributed by atoms with E-state index in [1.807, 2.05) is 0 Å². The molecule has 3 heterocycles. The fraction of sp³-hybridized carbons (Fsp3) is 0.526. The Hall–Kier alpha value is -2.61. The lowest BCUT2D eigenvalue weighted by atomic mass is 10.1. The van der Waals surface area contributed by atoms with E-state index in [2.05, 4.69) is 39.1 Å². The molecule has 1 amide bonds. The average molecular weight is 369 g/mol. The van der Waals surface area contributed by atoms with Gasteiger partial charge in [0.2, 0.25) is 5.71 Å². The number of hydroxylamine groups is 1. The number of rotatable bonds is 6. The van der Waals surface area contributed by atoms with E-state index >= 15 is 0 Å². The first kappa shape index (κ1) is 16.6. The minimum Gasteiger partial charge on any atom is -0.442 e. The van der Waals surface area contributed by atoms with E-state index in [0.717, 1.165) is 18.6 Å². The van der Waals surface area contributed by atoms with E-state index in [-0.39, 0.29) is 17.5 Å². The molecule has 3 aliphatic rings. The number of anilines is 1. The fourth-order valence-corrected chi connectivity index (χ4v) is 3.40.